The molecule has 0 aliphatic rings. The second kappa shape index (κ2) is 9.96. The molecule has 0 spiro atoms. The van der Waals surface area contributed by atoms with Crippen LogP contribution < -0.4 is 10.7 Å². The number of hydrogen-bond donors (Lipinski definition) is 2. The van der Waals surface area contributed by atoms with Crippen molar-refractivity contribution in [1.29, 1.82) is 0 Å². The number of nitrogens with one attached hydrogen (secondary N) is 2. The molecule has 0 saturated carbocycles. The molecule has 184 valence electrons. The van der Waals surface area contributed by atoms with Gasteiger partial charge in [0, 0.05) is 29.3 Å². The molecule has 1 heterocycles. The number of carbonyl (C=O) groups is 2. The van der Waals surface area contributed by atoms with Crippen LogP contribution in [0.4, 0.5) is 0 Å². The molecule has 0 saturated heterocycles. The molecule has 0 aliphatic carbocycles. The minimum Gasteiger partial charge on any atom is -0.464 e. The highest BCUT2D eigenvalue weighted by Crippen LogP contribution is 2.33. The number of ether oxygens (including phenoxy) is 1. The average molecular weight is 525 g/mol. The first kappa shape index (κ1) is 25.2. The summed E-state index contributed by atoms with van der Waals surface area (Å²) in [7, 11) is -2.22. The summed E-state index contributed by atoms with van der Waals surface area (Å²) in [4.78, 5) is 41.9. The van der Waals surface area contributed by atoms with Gasteiger partial charge < -0.3 is 15.0 Å². The molecule has 10 heteroatoms. The second-order valence-electron chi connectivity index (χ2n) is 7.99. The lowest BCUT2D eigenvalue weighted by atomic mass is 9.99. The van der Waals surface area contributed by atoms with Crippen molar-refractivity contribution in [3.8, 4) is 11.1 Å². The lowest BCUT2D eigenvalue weighted by molar-refractivity contribution is 0.0592. The van der Waals surface area contributed by atoms with Gasteiger partial charge in [-0.3, -0.25) is 9.59 Å². The lowest BCUT2D eigenvalue weighted by Gasteiger charge is -2.14. The van der Waals surface area contributed by atoms with Crippen LogP contribution in [-0.2, 0) is 21.1 Å². The van der Waals surface area contributed by atoms with Crippen LogP contribution in [0.3, 0.4) is 0 Å². The van der Waals surface area contributed by atoms with Gasteiger partial charge in [-0.15, -0.1) is 0 Å². The van der Waals surface area contributed by atoms with E-state index in [0.717, 1.165) is 11.8 Å². The number of pyridine rings is 1. The Balaban J connectivity index is 1.76. The number of esters is 1. The van der Waals surface area contributed by atoms with E-state index < -0.39 is 27.1 Å². The van der Waals surface area contributed by atoms with Crippen LogP contribution in [0.2, 0.25) is 5.02 Å². The van der Waals surface area contributed by atoms with E-state index in [1.807, 2.05) is 30.3 Å². The number of halogens is 1. The topological polar surface area (TPSA) is 122 Å². The first-order valence-electron chi connectivity index (χ1n) is 10.7. The third-order valence-corrected chi connectivity index (χ3v) is 7.09. The van der Waals surface area contributed by atoms with Crippen LogP contribution >= 0.6 is 11.6 Å². The summed E-state index contributed by atoms with van der Waals surface area (Å²) in [5.41, 5.74) is 1.30. The maximum Gasteiger partial charge on any atom is 0.354 e. The van der Waals surface area contributed by atoms with Gasteiger partial charge in [0.1, 0.15) is 5.69 Å². The van der Waals surface area contributed by atoms with Crippen molar-refractivity contribution in [2.45, 2.75) is 11.4 Å². The number of hydrogen-bond acceptors (Lipinski definition) is 6. The molecular weight excluding hydrogens is 504 g/mol. The average Bonchev–Trinajstić information content (AvgIpc) is 2.87. The monoisotopic (exact) mass is 524 g/mol. The number of methoxy groups -OCH3 is 1. The Hall–Kier alpha value is -3.95. The molecule has 36 heavy (non-hydrogen) atoms. The molecule has 0 fully saturated rings. The maximum absolute atomic E-state index is 13.5. The fourth-order valence-electron chi connectivity index (χ4n) is 3.83. The molecule has 2 N–H and O–H groups in total. The molecule has 0 radical (unpaired) electrons. The van der Waals surface area contributed by atoms with Gasteiger partial charge >= 0.3 is 5.97 Å². The van der Waals surface area contributed by atoms with Crippen molar-refractivity contribution < 1.29 is 22.7 Å². The number of aromatic amines is 1. The predicted octanol–water partition coefficient (Wildman–Crippen LogP) is 3.97. The highest BCUT2D eigenvalue weighted by atomic mass is 35.5. The normalized spacial score (nSPS) is 11.3. The zero-order valence-electron chi connectivity index (χ0n) is 19.3. The van der Waals surface area contributed by atoms with E-state index >= 15 is 0 Å². The van der Waals surface area contributed by atoms with Crippen LogP contribution in [0, 0.1) is 0 Å². The first-order valence-corrected chi connectivity index (χ1v) is 13.0. The molecule has 4 rings (SSSR count). The third-order valence-electron chi connectivity index (χ3n) is 5.65. The van der Waals surface area contributed by atoms with Crippen molar-refractivity contribution in [2.75, 3.05) is 13.4 Å². The summed E-state index contributed by atoms with van der Waals surface area (Å²) in [5, 5.41) is 3.29. The fourth-order valence-corrected chi connectivity index (χ4v) is 4.73. The van der Waals surface area contributed by atoms with Crippen LogP contribution in [-0.4, -0.2) is 38.6 Å². The van der Waals surface area contributed by atoms with Crippen molar-refractivity contribution in [3.05, 3.63) is 98.8 Å². The highest BCUT2D eigenvalue weighted by Gasteiger charge is 2.22. The number of benzene rings is 3. The second-order valence-corrected chi connectivity index (χ2v) is 10.4. The van der Waals surface area contributed by atoms with Gasteiger partial charge in [0.05, 0.1) is 28.1 Å². The molecule has 8 nitrogen and oxygen atoms in total. The number of carbonyl (C=O) groups excluding carboxylic acids is 2. The highest BCUT2D eigenvalue weighted by molar-refractivity contribution is 7.90. The van der Waals surface area contributed by atoms with Crippen molar-refractivity contribution in [3.63, 3.8) is 0 Å². The van der Waals surface area contributed by atoms with Gasteiger partial charge in [0.15, 0.2) is 15.3 Å². The van der Waals surface area contributed by atoms with Crippen molar-refractivity contribution >= 4 is 44.2 Å². The van der Waals surface area contributed by atoms with E-state index in [1.165, 1.54) is 31.4 Å². The molecule has 1 amide bonds. The Kier molecular flexibility index (Phi) is 6.96. The van der Waals surface area contributed by atoms with Gasteiger partial charge in [-0.2, -0.15) is 0 Å². The molecule has 0 aliphatic heterocycles. The fraction of sp³-hybridized carbons (Fsp3) is 0.115. The van der Waals surface area contributed by atoms with Crippen LogP contribution in [0.5, 0.6) is 0 Å². The summed E-state index contributed by atoms with van der Waals surface area (Å²) >= 11 is 6.47. The van der Waals surface area contributed by atoms with Gasteiger partial charge in [0.25, 0.3) is 5.91 Å². The van der Waals surface area contributed by atoms with Gasteiger partial charge in [-0.25, -0.2) is 13.2 Å². The minimum absolute atomic E-state index is 0.0109. The van der Waals surface area contributed by atoms with Crippen molar-refractivity contribution in [2.24, 2.45) is 0 Å². The summed E-state index contributed by atoms with van der Waals surface area (Å²) in [5.74, 6) is -1.33. The summed E-state index contributed by atoms with van der Waals surface area (Å²) in [6, 6.07) is 17.7. The Labute approximate surface area is 211 Å². The molecular formula is C26H21ClN2O6S. The predicted molar refractivity (Wildman–Crippen MR) is 137 cm³/mol. The Bertz CT molecular complexity index is 1650. The molecule has 4 aromatic rings. The number of rotatable bonds is 6. The standard InChI is InChI=1S/C26H21ClN2O6S/c1-35-26(32)23-19(14-28-25(31)16-8-10-17(11-9-16)36(2,33)34)24(30)18-12-13-20(27)21(22(18)29-23)15-6-4-3-5-7-15/h3-13H,14H2,1-2H3,(H,28,31)(H,29,30). The zero-order valence-corrected chi connectivity index (χ0v) is 20.9. The summed E-state index contributed by atoms with van der Waals surface area (Å²) < 4.78 is 28.2. The van der Waals surface area contributed by atoms with Gasteiger partial charge in [-0.1, -0.05) is 41.9 Å². The van der Waals surface area contributed by atoms with Crippen molar-refractivity contribution in [1.82, 2.24) is 10.3 Å². The van der Waals surface area contributed by atoms with Crippen LogP contribution in [0.1, 0.15) is 26.4 Å². The maximum atomic E-state index is 13.5. The lowest BCUT2D eigenvalue weighted by Crippen LogP contribution is -2.29. The Morgan fingerprint density at radius 2 is 1.67 bits per heavy atom. The SMILES string of the molecule is COC(=O)c1[nH]c2c(-c3ccccc3)c(Cl)ccc2c(=O)c1CNC(=O)c1ccc(S(C)(=O)=O)cc1. The van der Waals surface area contributed by atoms with E-state index in [9.17, 15) is 22.8 Å². The van der Waals surface area contributed by atoms with Crippen LogP contribution in [0.15, 0.2) is 76.4 Å². The van der Waals surface area contributed by atoms with E-state index in [-0.39, 0.29) is 33.6 Å². The first-order chi connectivity index (χ1) is 17.1. The molecule has 1 aromatic heterocycles. The Morgan fingerprint density at radius 3 is 2.28 bits per heavy atom. The van der Waals surface area contributed by atoms with Crippen LogP contribution in [0.25, 0.3) is 22.0 Å². The quantitative estimate of drug-likeness (QED) is 0.368. The van der Waals surface area contributed by atoms with E-state index in [1.54, 1.807) is 12.1 Å². The molecule has 3 aromatic carbocycles. The van der Waals surface area contributed by atoms with E-state index in [0.29, 0.717) is 16.1 Å². The zero-order chi connectivity index (χ0) is 26.0. The number of sulfone groups is 1. The largest absolute Gasteiger partial charge is 0.464 e. The number of H-pyrrole nitrogens is 1. The smallest absolute Gasteiger partial charge is 0.354 e. The Morgan fingerprint density at radius 1 is 1.00 bits per heavy atom. The van der Waals surface area contributed by atoms with E-state index in [4.69, 9.17) is 16.3 Å². The van der Waals surface area contributed by atoms with Gasteiger partial charge in [0.2, 0.25) is 0 Å². The number of amides is 1. The van der Waals surface area contributed by atoms with Gasteiger partial charge in [-0.05, 0) is 42.0 Å². The molecule has 0 bridgehead atoms. The minimum atomic E-state index is -3.41. The summed E-state index contributed by atoms with van der Waals surface area (Å²) in [6.45, 7) is -0.272. The molecule has 0 atom stereocenters. The third kappa shape index (κ3) is 4.89. The summed E-state index contributed by atoms with van der Waals surface area (Å²) in [6.07, 6.45) is 1.07. The number of fused-ring (bicyclic) bond motifs is 1. The van der Waals surface area contributed by atoms with E-state index in [2.05, 4.69) is 10.3 Å². The molecule has 0 unspecified atom stereocenters. The number of aromatic nitrogens is 1.